The van der Waals surface area contributed by atoms with Crippen LogP contribution < -0.4 is 0 Å². The average Bonchev–Trinajstić information content (AvgIpc) is 3.04. The van der Waals surface area contributed by atoms with Gasteiger partial charge in [0.1, 0.15) is 5.82 Å². The number of pyridine rings is 1. The summed E-state index contributed by atoms with van der Waals surface area (Å²) in [4.78, 5) is 5.04. The summed E-state index contributed by atoms with van der Waals surface area (Å²) in [6.45, 7) is 6.19. The highest BCUT2D eigenvalue weighted by Gasteiger charge is 2.18. The number of fused-ring (bicyclic) bond motifs is 3. The summed E-state index contributed by atoms with van der Waals surface area (Å²) in [5, 5.41) is 1.22. The summed E-state index contributed by atoms with van der Waals surface area (Å²) in [6.07, 6.45) is 3.00. The first-order chi connectivity index (χ1) is 11.8. The monoisotopic (exact) mass is 312 g/mol. The van der Waals surface area contributed by atoms with E-state index >= 15 is 0 Å². The molecule has 1 unspecified atom stereocenters. The van der Waals surface area contributed by atoms with Crippen molar-refractivity contribution in [1.29, 1.82) is 0 Å². The summed E-state index contributed by atoms with van der Waals surface area (Å²) in [7, 11) is 0. The van der Waals surface area contributed by atoms with Gasteiger partial charge < -0.3 is 0 Å². The molecule has 1 atom stereocenters. The van der Waals surface area contributed by atoms with Gasteiger partial charge in [0.25, 0.3) is 0 Å². The highest BCUT2D eigenvalue weighted by atomic mass is 15.0. The molecular weight excluding hydrogens is 292 g/mol. The maximum absolute atomic E-state index is 5.04. The highest BCUT2D eigenvalue weighted by Crippen LogP contribution is 2.32. The highest BCUT2D eigenvalue weighted by molar-refractivity contribution is 5.86. The number of allylic oxidation sites excluding steroid dienone is 1. The Labute approximate surface area is 142 Å². The summed E-state index contributed by atoms with van der Waals surface area (Å²) in [5.41, 5.74) is 4.59. The van der Waals surface area contributed by atoms with Gasteiger partial charge in [-0.25, -0.2) is 4.98 Å². The number of hydrogen-bond acceptors (Lipinski definition) is 1. The molecule has 4 rings (SSSR count). The molecule has 0 saturated heterocycles. The number of imidazole rings is 1. The summed E-state index contributed by atoms with van der Waals surface area (Å²) in [5.74, 6) is 1.26. The van der Waals surface area contributed by atoms with Crippen LogP contribution in [0.25, 0.3) is 27.8 Å². The number of hydrogen-bond donors (Lipinski definition) is 0. The van der Waals surface area contributed by atoms with Gasteiger partial charge in [-0.2, -0.15) is 0 Å². The first kappa shape index (κ1) is 14.7. The van der Waals surface area contributed by atoms with E-state index in [9.17, 15) is 0 Å². The number of para-hydroxylation sites is 1. The zero-order chi connectivity index (χ0) is 16.5. The van der Waals surface area contributed by atoms with Crippen molar-refractivity contribution in [3.05, 3.63) is 85.1 Å². The smallest absolute Gasteiger partial charge is 0.145 e. The number of aromatic nitrogens is 2. The van der Waals surface area contributed by atoms with Crippen molar-refractivity contribution in [1.82, 2.24) is 9.38 Å². The molecule has 2 heterocycles. The lowest BCUT2D eigenvalue weighted by Gasteiger charge is -2.08. The molecule has 0 N–H and O–H groups in total. The Morgan fingerprint density at radius 3 is 2.46 bits per heavy atom. The summed E-state index contributed by atoms with van der Waals surface area (Å²) >= 11 is 0. The van der Waals surface area contributed by atoms with Crippen LogP contribution in [0.5, 0.6) is 0 Å². The Kier molecular flexibility index (Phi) is 3.66. The zero-order valence-electron chi connectivity index (χ0n) is 13.8. The van der Waals surface area contributed by atoms with Gasteiger partial charge in [0.05, 0.1) is 16.7 Å². The normalized spacial score (nSPS) is 12.5. The minimum absolute atomic E-state index is 0.263. The lowest BCUT2D eigenvalue weighted by Crippen LogP contribution is -1.94. The second kappa shape index (κ2) is 5.97. The van der Waals surface area contributed by atoms with Crippen molar-refractivity contribution in [3.63, 3.8) is 0 Å². The maximum Gasteiger partial charge on any atom is 0.145 e. The predicted molar refractivity (Wildman–Crippen MR) is 101 cm³/mol. The van der Waals surface area contributed by atoms with Crippen LogP contribution in [-0.2, 0) is 0 Å². The van der Waals surface area contributed by atoms with Crippen LogP contribution in [0.2, 0.25) is 0 Å². The lowest BCUT2D eigenvalue weighted by molar-refractivity contribution is 0.790. The van der Waals surface area contributed by atoms with E-state index in [-0.39, 0.29) is 5.92 Å². The Morgan fingerprint density at radius 2 is 1.71 bits per heavy atom. The Bertz CT molecular complexity index is 1010. The molecule has 0 saturated carbocycles. The van der Waals surface area contributed by atoms with E-state index in [0.29, 0.717) is 0 Å². The number of benzene rings is 2. The fourth-order valence-corrected chi connectivity index (χ4v) is 3.38. The standard InChI is InChI=1S/C22H20N2/c1-3-16(4-2)21-20-15-14-17-10-8-9-13-19(17)24(20)22(23-21)18-11-6-5-7-12-18/h3,5-16H,1,4H2,2H3. The van der Waals surface area contributed by atoms with Crippen LogP contribution in [0.15, 0.2) is 79.4 Å². The molecule has 2 nitrogen and oxygen atoms in total. The third-order valence-corrected chi connectivity index (χ3v) is 4.65. The molecule has 0 aliphatic heterocycles. The first-order valence-corrected chi connectivity index (χ1v) is 8.41. The third kappa shape index (κ3) is 2.23. The second-order valence-corrected chi connectivity index (χ2v) is 6.05. The molecule has 0 fully saturated rings. The number of rotatable bonds is 4. The molecule has 0 spiro atoms. The van der Waals surface area contributed by atoms with E-state index in [1.165, 1.54) is 16.4 Å². The molecule has 2 aromatic carbocycles. The molecule has 118 valence electrons. The Balaban J connectivity index is 2.13. The van der Waals surface area contributed by atoms with Crippen molar-refractivity contribution in [2.75, 3.05) is 0 Å². The third-order valence-electron chi connectivity index (χ3n) is 4.65. The van der Waals surface area contributed by atoms with Crippen molar-refractivity contribution >= 4 is 16.4 Å². The van der Waals surface area contributed by atoms with Gasteiger partial charge >= 0.3 is 0 Å². The largest absolute Gasteiger partial charge is 0.292 e. The van der Waals surface area contributed by atoms with Crippen LogP contribution in [-0.4, -0.2) is 9.38 Å². The van der Waals surface area contributed by atoms with Gasteiger partial charge in [-0.15, -0.1) is 6.58 Å². The average molecular weight is 312 g/mol. The van der Waals surface area contributed by atoms with Crippen molar-refractivity contribution in [2.45, 2.75) is 19.3 Å². The topological polar surface area (TPSA) is 17.3 Å². The predicted octanol–water partition coefficient (Wildman–Crippen LogP) is 5.83. The van der Waals surface area contributed by atoms with Gasteiger partial charge in [-0.3, -0.25) is 4.40 Å². The molecular formula is C22H20N2. The van der Waals surface area contributed by atoms with E-state index < -0.39 is 0 Å². The van der Waals surface area contributed by atoms with E-state index in [1.54, 1.807) is 0 Å². The summed E-state index contributed by atoms with van der Waals surface area (Å²) < 4.78 is 2.28. The van der Waals surface area contributed by atoms with Crippen molar-refractivity contribution in [2.24, 2.45) is 0 Å². The van der Waals surface area contributed by atoms with Gasteiger partial charge in [-0.1, -0.05) is 67.6 Å². The molecule has 0 amide bonds. The Morgan fingerprint density at radius 1 is 0.958 bits per heavy atom. The van der Waals surface area contributed by atoms with Crippen LogP contribution in [0.1, 0.15) is 25.0 Å². The number of nitrogens with zero attached hydrogens (tertiary/aromatic N) is 2. The quantitative estimate of drug-likeness (QED) is 0.433. The van der Waals surface area contributed by atoms with E-state index in [4.69, 9.17) is 4.98 Å². The molecule has 2 heteroatoms. The van der Waals surface area contributed by atoms with Gasteiger partial charge in [-0.05, 0) is 23.9 Å². The molecule has 0 aliphatic rings. The van der Waals surface area contributed by atoms with Crippen LogP contribution >= 0.6 is 0 Å². The summed E-state index contributed by atoms with van der Waals surface area (Å²) in [6, 6.07) is 23.2. The fourth-order valence-electron chi connectivity index (χ4n) is 3.38. The molecule has 0 radical (unpaired) electrons. The molecule has 0 aliphatic carbocycles. The van der Waals surface area contributed by atoms with E-state index in [2.05, 4.69) is 78.6 Å². The van der Waals surface area contributed by atoms with Crippen LogP contribution in [0.3, 0.4) is 0 Å². The van der Waals surface area contributed by atoms with Crippen LogP contribution in [0, 0.1) is 0 Å². The minimum Gasteiger partial charge on any atom is -0.292 e. The van der Waals surface area contributed by atoms with Crippen LogP contribution in [0.4, 0.5) is 0 Å². The zero-order valence-corrected chi connectivity index (χ0v) is 13.8. The molecule has 2 aromatic heterocycles. The van der Waals surface area contributed by atoms with Gasteiger partial charge in [0.15, 0.2) is 0 Å². The maximum atomic E-state index is 5.04. The van der Waals surface area contributed by atoms with E-state index in [0.717, 1.165) is 23.5 Å². The second-order valence-electron chi connectivity index (χ2n) is 6.05. The molecule has 0 bridgehead atoms. The van der Waals surface area contributed by atoms with Gasteiger partial charge in [0, 0.05) is 11.5 Å². The van der Waals surface area contributed by atoms with Crippen molar-refractivity contribution < 1.29 is 0 Å². The van der Waals surface area contributed by atoms with E-state index in [1.807, 2.05) is 12.1 Å². The SMILES string of the molecule is C=CC(CC)c1nc(-c2ccccc2)n2c1ccc1ccccc12. The first-order valence-electron chi connectivity index (χ1n) is 8.41. The van der Waals surface area contributed by atoms with Gasteiger partial charge in [0.2, 0.25) is 0 Å². The Hall–Kier alpha value is -2.87. The lowest BCUT2D eigenvalue weighted by atomic mass is 10.0. The molecule has 4 aromatic rings. The minimum atomic E-state index is 0.263. The molecule has 24 heavy (non-hydrogen) atoms. The van der Waals surface area contributed by atoms with Crippen molar-refractivity contribution in [3.8, 4) is 11.4 Å². The fraction of sp³-hybridized carbons (Fsp3) is 0.136.